The fourth-order valence-corrected chi connectivity index (χ4v) is 5.55. The summed E-state index contributed by atoms with van der Waals surface area (Å²) >= 11 is 6.23. The molecule has 210 valence electrons. The molecule has 1 unspecified atom stereocenters. The first kappa shape index (κ1) is 26.9. The van der Waals surface area contributed by atoms with Gasteiger partial charge < -0.3 is 20.9 Å². The van der Waals surface area contributed by atoms with Crippen molar-refractivity contribution < 1.29 is 14.4 Å². The molecule has 2 aromatic heterocycles. The summed E-state index contributed by atoms with van der Waals surface area (Å²) in [5.41, 5.74) is 9.18. The highest BCUT2D eigenvalue weighted by Crippen LogP contribution is 2.35. The van der Waals surface area contributed by atoms with E-state index in [0.29, 0.717) is 40.4 Å². The van der Waals surface area contributed by atoms with Gasteiger partial charge in [0, 0.05) is 45.7 Å². The second-order valence-corrected chi connectivity index (χ2v) is 10.3. The zero-order valence-corrected chi connectivity index (χ0v) is 22.9. The van der Waals surface area contributed by atoms with Crippen LogP contribution in [0.1, 0.15) is 34.0 Å². The molecule has 3 amide bonds. The number of hydrogen-bond donors (Lipinski definition) is 3. The smallest absolute Gasteiger partial charge is 0.265 e. The number of likely N-dealkylation sites (tertiary alicyclic amines) is 1. The van der Waals surface area contributed by atoms with Gasteiger partial charge in [-0.25, -0.2) is 0 Å². The SMILES string of the molecule is NC(=O)c1cc2cc(NC(=O)[C@@H]3C(c4ccccc4)CCN3C(=O)/C=C/c3cc(Cl)ccc3-n3cnnn3)ccc2[nH]1. The van der Waals surface area contributed by atoms with Crippen LogP contribution in [0.3, 0.4) is 0 Å². The Balaban J connectivity index is 1.29. The van der Waals surface area contributed by atoms with E-state index < -0.39 is 11.9 Å². The van der Waals surface area contributed by atoms with Crippen molar-refractivity contribution in [3.05, 3.63) is 107 Å². The molecule has 2 atom stereocenters. The third kappa shape index (κ3) is 5.37. The number of halogens is 1. The largest absolute Gasteiger partial charge is 0.364 e. The number of fused-ring (bicyclic) bond motifs is 1. The third-order valence-corrected chi connectivity index (χ3v) is 7.56. The molecule has 0 bridgehead atoms. The minimum atomic E-state index is -0.758. The quantitative estimate of drug-likeness (QED) is 0.248. The first-order chi connectivity index (χ1) is 20.4. The summed E-state index contributed by atoms with van der Waals surface area (Å²) in [5.74, 6) is -1.41. The Morgan fingerprint density at radius 2 is 1.88 bits per heavy atom. The van der Waals surface area contributed by atoms with E-state index in [1.165, 1.54) is 17.1 Å². The van der Waals surface area contributed by atoms with Crippen molar-refractivity contribution in [1.29, 1.82) is 0 Å². The predicted octanol–water partition coefficient (Wildman–Crippen LogP) is 3.93. The van der Waals surface area contributed by atoms with Gasteiger partial charge in [-0.05, 0) is 71.0 Å². The molecular weight excluding hydrogens is 556 g/mol. The maximum absolute atomic E-state index is 13.8. The van der Waals surface area contributed by atoms with Crippen LogP contribution in [-0.2, 0) is 9.59 Å². The van der Waals surface area contributed by atoms with Crippen molar-refractivity contribution in [2.75, 3.05) is 11.9 Å². The number of aromatic amines is 1. The topological polar surface area (TPSA) is 152 Å². The highest BCUT2D eigenvalue weighted by atomic mass is 35.5. The lowest BCUT2D eigenvalue weighted by molar-refractivity contribution is -0.133. The van der Waals surface area contributed by atoms with Crippen molar-refractivity contribution >= 4 is 52.0 Å². The molecule has 12 heteroatoms. The summed E-state index contributed by atoms with van der Waals surface area (Å²) in [6.07, 6.45) is 5.15. The molecule has 4 N–H and O–H groups in total. The van der Waals surface area contributed by atoms with Crippen LogP contribution >= 0.6 is 11.6 Å². The second-order valence-electron chi connectivity index (χ2n) is 9.91. The third-order valence-electron chi connectivity index (χ3n) is 7.32. The summed E-state index contributed by atoms with van der Waals surface area (Å²) in [6.45, 7) is 0.398. The highest BCUT2D eigenvalue weighted by molar-refractivity contribution is 6.30. The van der Waals surface area contributed by atoms with Crippen LogP contribution in [0.2, 0.25) is 5.02 Å². The number of nitrogens with one attached hydrogen (secondary N) is 2. The molecule has 5 aromatic rings. The van der Waals surface area contributed by atoms with E-state index in [2.05, 4.69) is 25.8 Å². The van der Waals surface area contributed by atoms with E-state index in [-0.39, 0.29) is 23.4 Å². The van der Waals surface area contributed by atoms with Gasteiger partial charge in [0.2, 0.25) is 11.8 Å². The van der Waals surface area contributed by atoms with Crippen LogP contribution in [0.15, 0.2) is 85.2 Å². The Hall–Kier alpha value is -5.29. The van der Waals surface area contributed by atoms with Crippen molar-refractivity contribution in [2.45, 2.75) is 18.4 Å². The highest BCUT2D eigenvalue weighted by Gasteiger charge is 2.42. The van der Waals surface area contributed by atoms with Gasteiger partial charge in [-0.2, -0.15) is 4.68 Å². The molecule has 42 heavy (non-hydrogen) atoms. The van der Waals surface area contributed by atoms with Gasteiger partial charge in [0.05, 0.1) is 5.69 Å². The molecule has 1 fully saturated rings. The molecule has 0 saturated carbocycles. The number of tetrazole rings is 1. The molecule has 0 radical (unpaired) electrons. The predicted molar refractivity (Wildman–Crippen MR) is 158 cm³/mol. The first-order valence-electron chi connectivity index (χ1n) is 13.2. The van der Waals surface area contributed by atoms with E-state index in [0.717, 1.165) is 10.9 Å². The number of carbonyl (C=O) groups excluding carboxylic acids is 3. The van der Waals surface area contributed by atoms with Crippen LogP contribution < -0.4 is 11.1 Å². The van der Waals surface area contributed by atoms with Gasteiger partial charge in [-0.3, -0.25) is 14.4 Å². The van der Waals surface area contributed by atoms with Crippen LogP contribution in [0.4, 0.5) is 5.69 Å². The molecule has 6 rings (SSSR count). The molecule has 1 saturated heterocycles. The maximum atomic E-state index is 13.8. The fraction of sp³-hybridized carbons (Fsp3) is 0.133. The molecule has 1 aliphatic heterocycles. The Kier molecular flexibility index (Phi) is 7.24. The van der Waals surface area contributed by atoms with Gasteiger partial charge in [-0.15, -0.1) is 5.10 Å². The van der Waals surface area contributed by atoms with Crippen LogP contribution in [0.5, 0.6) is 0 Å². The number of anilines is 1. The molecule has 0 aliphatic carbocycles. The molecule has 1 aliphatic rings. The van der Waals surface area contributed by atoms with E-state index in [9.17, 15) is 14.4 Å². The normalized spacial score (nSPS) is 16.7. The number of rotatable bonds is 7. The standard InChI is InChI=1S/C30H25ClN8O3/c31-21-7-10-26(39-17-33-36-37-39)19(14-21)6-11-27(40)38-13-12-23(18-4-2-1-3-5-18)28(38)30(42)34-22-8-9-24-20(15-22)16-25(35-24)29(32)41/h1-11,14-17,23,28,35H,12-13H2,(H2,32,41)(H,34,42)/b11-6+/t23?,28-/m0/s1. The van der Waals surface area contributed by atoms with Crippen molar-refractivity contribution in [2.24, 2.45) is 5.73 Å². The minimum Gasteiger partial charge on any atom is -0.364 e. The van der Waals surface area contributed by atoms with Crippen molar-refractivity contribution in [1.82, 2.24) is 30.1 Å². The van der Waals surface area contributed by atoms with Gasteiger partial charge in [0.25, 0.3) is 5.91 Å². The molecule has 3 aromatic carbocycles. The number of benzene rings is 3. The van der Waals surface area contributed by atoms with Crippen LogP contribution in [-0.4, -0.2) is 60.4 Å². The average molecular weight is 581 g/mol. The van der Waals surface area contributed by atoms with E-state index in [1.54, 1.807) is 53.4 Å². The summed E-state index contributed by atoms with van der Waals surface area (Å²) in [7, 11) is 0. The van der Waals surface area contributed by atoms with E-state index >= 15 is 0 Å². The number of nitrogens with two attached hydrogens (primary N) is 1. The zero-order chi connectivity index (χ0) is 29.2. The lowest BCUT2D eigenvalue weighted by atomic mass is 9.91. The van der Waals surface area contributed by atoms with Crippen LogP contribution in [0, 0.1) is 0 Å². The summed E-state index contributed by atoms with van der Waals surface area (Å²) in [4.78, 5) is 43.6. The Morgan fingerprint density at radius 1 is 1.05 bits per heavy atom. The number of amides is 3. The molecular formula is C30H25ClN8O3. The van der Waals surface area contributed by atoms with Crippen LogP contribution in [0.25, 0.3) is 22.7 Å². The van der Waals surface area contributed by atoms with Gasteiger partial charge in [0.1, 0.15) is 18.1 Å². The summed E-state index contributed by atoms with van der Waals surface area (Å²) < 4.78 is 1.48. The van der Waals surface area contributed by atoms with E-state index in [4.69, 9.17) is 17.3 Å². The number of primary amides is 1. The lowest BCUT2D eigenvalue weighted by Crippen LogP contribution is -2.44. The lowest BCUT2D eigenvalue weighted by Gasteiger charge is -2.27. The Morgan fingerprint density at radius 3 is 2.64 bits per heavy atom. The number of carbonyl (C=O) groups is 3. The monoisotopic (exact) mass is 580 g/mol. The average Bonchev–Trinajstić information content (AvgIpc) is 3.76. The second kappa shape index (κ2) is 11.3. The van der Waals surface area contributed by atoms with Crippen molar-refractivity contribution in [3.63, 3.8) is 0 Å². The van der Waals surface area contributed by atoms with Crippen molar-refractivity contribution in [3.8, 4) is 5.69 Å². The number of nitrogens with zero attached hydrogens (tertiary/aromatic N) is 5. The minimum absolute atomic E-state index is 0.205. The molecule has 11 nitrogen and oxygen atoms in total. The summed E-state index contributed by atoms with van der Waals surface area (Å²) in [6, 6.07) is 21.0. The summed E-state index contributed by atoms with van der Waals surface area (Å²) in [5, 5.41) is 15.5. The fourth-order valence-electron chi connectivity index (χ4n) is 5.37. The number of H-pyrrole nitrogens is 1. The first-order valence-corrected chi connectivity index (χ1v) is 13.5. The van der Waals surface area contributed by atoms with E-state index in [1.807, 2.05) is 30.3 Å². The molecule has 3 heterocycles. The maximum Gasteiger partial charge on any atom is 0.265 e. The number of aromatic nitrogens is 5. The Labute approximate surface area is 245 Å². The number of hydrogen-bond acceptors (Lipinski definition) is 6. The van der Waals surface area contributed by atoms with Gasteiger partial charge in [-0.1, -0.05) is 41.9 Å². The Bertz CT molecular complexity index is 1820. The van der Waals surface area contributed by atoms with Gasteiger partial charge in [0.15, 0.2) is 0 Å². The molecule has 0 spiro atoms. The van der Waals surface area contributed by atoms with Gasteiger partial charge >= 0.3 is 0 Å². The zero-order valence-electron chi connectivity index (χ0n) is 22.1.